The van der Waals surface area contributed by atoms with Crippen molar-refractivity contribution in [3.63, 3.8) is 0 Å². The third-order valence-corrected chi connectivity index (χ3v) is 0.774. The van der Waals surface area contributed by atoms with E-state index in [9.17, 15) is 0 Å². The average molecular weight is 150 g/mol. The van der Waals surface area contributed by atoms with Crippen LogP contribution in [-0.4, -0.2) is 54.2 Å². The molecule has 10 heavy (non-hydrogen) atoms. The van der Waals surface area contributed by atoms with Crippen LogP contribution in [-0.2, 0) is 0 Å². The van der Waals surface area contributed by atoms with Gasteiger partial charge in [-0.25, -0.2) is 5.21 Å². The summed E-state index contributed by atoms with van der Waals surface area (Å²) in [4.78, 5) is 0. The van der Waals surface area contributed by atoms with Gasteiger partial charge in [0.05, 0.1) is 14.1 Å². The molecule has 0 atom stereocenters. The molecule has 0 rings (SSSR count). The highest BCUT2D eigenvalue weighted by molar-refractivity contribution is 5.13. The number of rotatable bonds is 1. The molecule has 0 saturated heterocycles. The molecule has 0 amide bonds. The zero-order valence-electron chi connectivity index (χ0n) is 7.20. The molecular weight excluding hydrogens is 132 g/mol. The van der Waals surface area contributed by atoms with Crippen molar-refractivity contribution in [3.8, 4) is 0 Å². The van der Waals surface area contributed by atoms with E-state index >= 15 is 0 Å². The van der Waals surface area contributed by atoms with Gasteiger partial charge in [0.1, 0.15) is 6.54 Å². The van der Waals surface area contributed by atoms with Crippen LogP contribution in [0.2, 0.25) is 0 Å². The zero-order chi connectivity index (χ0) is 8.78. The largest absolute Gasteiger partial charge is 0.292 e. The second-order valence-electron chi connectivity index (χ2n) is 2.59. The third kappa shape index (κ3) is 52.8. The van der Waals surface area contributed by atoms with Crippen molar-refractivity contribution in [2.45, 2.75) is 6.92 Å². The Hall–Kier alpha value is -0.610. The molecule has 0 radical (unpaired) electrons. The van der Waals surface area contributed by atoms with Crippen molar-refractivity contribution in [1.29, 1.82) is 0 Å². The minimum Gasteiger partial charge on any atom is -0.292 e. The molecule has 0 aliphatic heterocycles. The van der Waals surface area contributed by atoms with Gasteiger partial charge in [-0.15, -0.1) is 0 Å². The molecule has 0 aromatic carbocycles. The van der Waals surface area contributed by atoms with Crippen molar-refractivity contribution in [1.82, 2.24) is 0 Å². The SMILES string of the molecule is C=[N+](C)O.CC[N+](C)(C)O. The first-order valence-electron chi connectivity index (χ1n) is 3.08. The van der Waals surface area contributed by atoms with E-state index in [-0.39, 0.29) is 4.65 Å². The fourth-order valence-corrected chi connectivity index (χ4v) is 0. The lowest BCUT2D eigenvalue weighted by molar-refractivity contribution is -1.07. The van der Waals surface area contributed by atoms with Gasteiger partial charge in [0.2, 0.25) is 0 Å². The number of quaternary nitrogens is 1. The van der Waals surface area contributed by atoms with Gasteiger partial charge in [0, 0.05) is 0 Å². The summed E-state index contributed by atoms with van der Waals surface area (Å²) in [6.07, 6.45) is 0. The van der Waals surface area contributed by atoms with Crippen molar-refractivity contribution < 1.29 is 19.8 Å². The highest BCUT2D eigenvalue weighted by Crippen LogP contribution is 1.82. The maximum atomic E-state index is 8.76. The van der Waals surface area contributed by atoms with Gasteiger partial charge in [-0.05, 0) is 11.7 Å². The molecule has 4 nitrogen and oxygen atoms in total. The minimum atomic E-state index is 0.0694. The van der Waals surface area contributed by atoms with E-state index < -0.39 is 0 Å². The van der Waals surface area contributed by atoms with Gasteiger partial charge < -0.3 is 0 Å². The Morgan fingerprint density at radius 1 is 1.50 bits per heavy atom. The summed E-state index contributed by atoms with van der Waals surface area (Å²) in [6, 6.07) is 0. The van der Waals surface area contributed by atoms with Gasteiger partial charge >= 0.3 is 0 Å². The van der Waals surface area contributed by atoms with E-state index in [4.69, 9.17) is 10.4 Å². The Morgan fingerprint density at radius 2 is 1.60 bits per heavy atom. The first-order valence-corrected chi connectivity index (χ1v) is 3.08. The standard InChI is InChI=1S/C4H12NO.C2H6NO/c1-4-5(2,3)6;1-3(2)4/h6H,4H2,1-3H3;4H,1H2,2H3/q2*+1. The molecule has 0 aromatic heterocycles. The maximum Gasteiger partial charge on any atom is 0.182 e. The zero-order valence-corrected chi connectivity index (χ0v) is 7.20. The van der Waals surface area contributed by atoms with Crippen LogP contribution < -0.4 is 0 Å². The first kappa shape index (κ1) is 12.1. The summed E-state index contributed by atoms with van der Waals surface area (Å²) < 4.78 is 0.819. The fourth-order valence-electron chi connectivity index (χ4n) is 0. The molecule has 0 unspecified atom stereocenters. The molecule has 0 aliphatic carbocycles. The Balaban J connectivity index is 0. The molecule has 0 saturated carbocycles. The predicted molar refractivity (Wildman–Crippen MR) is 39.5 cm³/mol. The number of nitrogens with zero attached hydrogens (tertiary/aromatic N) is 2. The van der Waals surface area contributed by atoms with Crippen LogP contribution in [0.4, 0.5) is 0 Å². The molecule has 0 bridgehead atoms. The molecular formula is C6H18N2O2+2. The van der Waals surface area contributed by atoms with Crippen LogP contribution in [0, 0.1) is 0 Å². The van der Waals surface area contributed by atoms with Crippen molar-refractivity contribution in [2.24, 2.45) is 0 Å². The summed E-state index contributed by atoms with van der Waals surface area (Å²) in [7, 11) is 4.92. The molecule has 0 fully saturated rings. The third-order valence-electron chi connectivity index (χ3n) is 0.774. The van der Waals surface area contributed by atoms with Crippen molar-refractivity contribution in [3.05, 3.63) is 0 Å². The van der Waals surface area contributed by atoms with E-state index in [0.29, 0.717) is 0 Å². The highest BCUT2D eigenvalue weighted by Gasteiger charge is 2.02. The lowest BCUT2D eigenvalue weighted by Gasteiger charge is -2.15. The van der Waals surface area contributed by atoms with Gasteiger partial charge in [-0.1, -0.05) is 0 Å². The van der Waals surface area contributed by atoms with Crippen LogP contribution in [0.15, 0.2) is 0 Å². The first-order chi connectivity index (χ1) is 4.29. The summed E-state index contributed by atoms with van der Waals surface area (Å²) >= 11 is 0. The van der Waals surface area contributed by atoms with E-state index in [0.717, 1.165) is 11.3 Å². The molecule has 62 valence electrons. The molecule has 0 aromatic rings. The lowest BCUT2D eigenvalue weighted by atomic mass is 10.7. The molecule has 0 heterocycles. The van der Waals surface area contributed by atoms with Crippen LogP contribution >= 0.6 is 0 Å². The number of hydrogen-bond acceptors (Lipinski definition) is 2. The van der Waals surface area contributed by atoms with E-state index in [1.807, 2.05) is 6.92 Å². The summed E-state index contributed by atoms with van der Waals surface area (Å²) in [5.74, 6) is 0. The topological polar surface area (TPSA) is 43.5 Å². The minimum absolute atomic E-state index is 0.0694. The lowest BCUT2D eigenvalue weighted by Crippen LogP contribution is -2.34. The van der Waals surface area contributed by atoms with Gasteiger partial charge in [0.15, 0.2) is 13.8 Å². The normalized spacial score (nSPS) is 9.70. The average Bonchev–Trinajstić information content (AvgIpc) is 1.63. The molecule has 4 heteroatoms. The van der Waals surface area contributed by atoms with E-state index in [1.165, 1.54) is 7.05 Å². The van der Waals surface area contributed by atoms with Gasteiger partial charge in [0.25, 0.3) is 0 Å². The predicted octanol–water partition coefficient (Wildman–Crippen LogP) is 0.190. The van der Waals surface area contributed by atoms with Crippen LogP contribution in [0.3, 0.4) is 0 Å². The Morgan fingerprint density at radius 3 is 1.60 bits per heavy atom. The second-order valence-corrected chi connectivity index (χ2v) is 2.59. The molecule has 0 spiro atoms. The maximum absolute atomic E-state index is 8.76. The van der Waals surface area contributed by atoms with Crippen molar-refractivity contribution >= 4 is 6.72 Å². The van der Waals surface area contributed by atoms with E-state index in [2.05, 4.69) is 6.72 Å². The number of hydroxylamine groups is 4. The van der Waals surface area contributed by atoms with Crippen molar-refractivity contribution in [2.75, 3.05) is 27.7 Å². The monoisotopic (exact) mass is 150 g/mol. The summed E-state index contributed by atoms with van der Waals surface area (Å²) in [5.41, 5.74) is 0. The fraction of sp³-hybridized carbons (Fsp3) is 0.833. The number of hydrogen-bond donors (Lipinski definition) is 2. The van der Waals surface area contributed by atoms with E-state index in [1.54, 1.807) is 14.1 Å². The summed E-state index contributed by atoms with van der Waals surface area (Å²) in [6.45, 7) is 5.72. The van der Waals surface area contributed by atoms with Crippen LogP contribution in [0.25, 0.3) is 0 Å². The second kappa shape index (κ2) is 5.20. The smallest absolute Gasteiger partial charge is 0.182 e. The van der Waals surface area contributed by atoms with Gasteiger partial charge in [-0.2, -0.15) is 4.65 Å². The quantitative estimate of drug-likeness (QED) is 0.184. The molecule has 2 N–H and O–H groups in total. The van der Waals surface area contributed by atoms with Crippen LogP contribution in [0.1, 0.15) is 6.92 Å². The van der Waals surface area contributed by atoms with Gasteiger partial charge in [-0.3, -0.25) is 5.21 Å². The summed E-state index contributed by atoms with van der Waals surface area (Å²) in [5, 5.41) is 16.5. The highest BCUT2D eigenvalue weighted by atomic mass is 16.5. The Labute approximate surface area is 62.1 Å². The Kier molecular flexibility index (Phi) is 6.29. The van der Waals surface area contributed by atoms with Crippen LogP contribution in [0.5, 0.6) is 0 Å². The molecule has 0 aliphatic rings. The Bertz CT molecular complexity index is 92.4.